The van der Waals surface area contributed by atoms with Crippen LogP contribution in [0.5, 0.6) is 0 Å². The summed E-state index contributed by atoms with van der Waals surface area (Å²) in [6.07, 6.45) is 2.19. The van der Waals surface area contributed by atoms with Gasteiger partial charge in [0, 0.05) is 0 Å². The minimum Gasteiger partial charge on any atom is -0.469 e. The smallest absolute Gasteiger partial charge is 0.312 e. The number of esters is 1. The van der Waals surface area contributed by atoms with Crippen molar-refractivity contribution in [2.75, 3.05) is 7.11 Å². The van der Waals surface area contributed by atoms with E-state index in [1.54, 1.807) is 0 Å². The van der Waals surface area contributed by atoms with Gasteiger partial charge in [0.05, 0.1) is 13.0 Å². The van der Waals surface area contributed by atoms with Crippen LogP contribution in [0.25, 0.3) is 0 Å². The van der Waals surface area contributed by atoms with Crippen molar-refractivity contribution < 1.29 is 9.53 Å². The van der Waals surface area contributed by atoms with Crippen molar-refractivity contribution in [3.63, 3.8) is 0 Å². The number of hydrogen-bond acceptors (Lipinski definition) is 2. The Morgan fingerprint density at radius 2 is 1.75 bits per heavy atom. The van der Waals surface area contributed by atoms with Gasteiger partial charge in [-0.1, -0.05) is 38.1 Å². The summed E-state index contributed by atoms with van der Waals surface area (Å²) >= 11 is 0. The molecule has 87 valence electrons. The highest BCUT2D eigenvalue weighted by Crippen LogP contribution is 2.19. The molecule has 0 amide bonds. The molecule has 16 heavy (non-hydrogen) atoms. The lowest BCUT2D eigenvalue weighted by atomic mass is 9.97. The second-order valence-electron chi connectivity index (χ2n) is 4.32. The number of benzene rings is 1. The lowest BCUT2D eigenvalue weighted by Gasteiger charge is -2.10. The van der Waals surface area contributed by atoms with E-state index >= 15 is 0 Å². The Kier molecular flexibility index (Phi) is 4.53. The molecule has 0 aliphatic rings. The topological polar surface area (TPSA) is 26.3 Å². The van der Waals surface area contributed by atoms with Crippen molar-refractivity contribution in [3.8, 4) is 0 Å². The van der Waals surface area contributed by atoms with Crippen molar-refractivity contribution >= 4 is 5.97 Å². The summed E-state index contributed by atoms with van der Waals surface area (Å²) in [6.45, 7) is 6.14. The molecule has 1 radical (unpaired) electrons. The summed E-state index contributed by atoms with van der Waals surface area (Å²) in [5.41, 5.74) is 2.18. The molecule has 2 heteroatoms. The van der Waals surface area contributed by atoms with E-state index in [0.29, 0.717) is 5.92 Å². The number of rotatable bonds is 4. The third-order valence-corrected chi connectivity index (χ3v) is 2.52. The zero-order valence-electron chi connectivity index (χ0n) is 10.4. The molecule has 0 bridgehead atoms. The predicted octanol–water partition coefficient (Wildman–Crippen LogP) is 3.17. The molecule has 1 rings (SSSR count). The first-order valence-electron chi connectivity index (χ1n) is 5.57. The van der Waals surface area contributed by atoms with Crippen LogP contribution < -0.4 is 0 Å². The van der Waals surface area contributed by atoms with Gasteiger partial charge in [0.2, 0.25) is 0 Å². The van der Waals surface area contributed by atoms with Crippen LogP contribution in [0.15, 0.2) is 24.3 Å². The number of hydrogen-bond donors (Lipinski definition) is 0. The summed E-state index contributed by atoms with van der Waals surface area (Å²) < 4.78 is 4.71. The minimum atomic E-state index is -0.196. The van der Waals surface area contributed by atoms with Crippen LogP contribution in [0, 0.1) is 12.3 Å². The highest BCUT2D eigenvalue weighted by Gasteiger charge is 2.15. The maximum Gasteiger partial charge on any atom is 0.312 e. The molecule has 0 N–H and O–H groups in total. The minimum absolute atomic E-state index is 0.194. The Bertz CT molecular complexity index is 338. The van der Waals surface area contributed by atoms with E-state index in [9.17, 15) is 4.79 Å². The molecule has 0 aliphatic heterocycles. The van der Waals surface area contributed by atoms with Crippen LogP contribution in [0.4, 0.5) is 0 Å². The van der Waals surface area contributed by atoms with Crippen molar-refractivity contribution in [1.29, 1.82) is 0 Å². The van der Waals surface area contributed by atoms with Gasteiger partial charge in [-0.2, -0.15) is 0 Å². The maximum absolute atomic E-state index is 11.3. The zero-order chi connectivity index (χ0) is 12.1. The standard InChI is InChI=1S/C14H19O2/c1-10(2)9-12-5-7-13(8-6-12)11(3)14(15)16-4/h5-11H,1-4H3. The first-order valence-corrected chi connectivity index (χ1v) is 5.57. The SMILES string of the molecule is COC(=O)C(C)c1ccc([CH]C(C)C)cc1. The van der Waals surface area contributed by atoms with E-state index in [4.69, 9.17) is 4.74 Å². The lowest BCUT2D eigenvalue weighted by molar-refractivity contribution is -0.141. The van der Waals surface area contributed by atoms with E-state index in [1.807, 2.05) is 31.2 Å². The number of carbonyl (C=O) groups excluding carboxylic acids is 1. The van der Waals surface area contributed by atoms with Gasteiger partial charge in [-0.15, -0.1) is 0 Å². The van der Waals surface area contributed by atoms with Gasteiger partial charge in [-0.25, -0.2) is 0 Å². The molecule has 0 aromatic heterocycles. The molecular formula is C14H19O2. The van der Waals surface area contributed by atoms with Gasteiger partial charge in [-0.05, 0) is 30.4 Å². The third-order valence-electron chi connectivity index (χ3n) is 2.52. The average Bonchev–Trinajstić information content (AvgIpc) is 2.27. The maximum atomic E-state index is 11.3. The summed E-state index contributed by atoms with van der Waals surface area (Å²) in [7, 11) is 1.42. The Morgan fingerprint density at radius 1 is 1.19 bits per heavy atom. The normalized spacial score (nSPS) is 12.6. The Hall–Kier alpha value is -1.31. The molecule has 0 saturated heterocycles. The monoisotopic (exact) mass is 219 g/mol. The first kappa shape index (κ1) is 12.8. The van der Waals surface area contributed by atoms with Crippen molar-refractivity contribution in [3.05, 3.63) is 41.8 Å². The molecule has 1 aromatic rings. The Balaban J connectivity index is 2.74. The summed E-state index contributed by atoms with van der Waals surface area (Å²) in [5.74, 6) is 0.141. The average molecular weight is 219 g/mol. The van der Waals surface area contributed by atoms with E-state index in [-0.39, 0.29) is 11.9 Å². The van der Waals surface area contributed by atoms with Crippen molar-refractivity contribution in [1.82, 2.24) is 0 Å². The summed E-state index contributed by atoms with van der Waals surface area (Å²) in [5, 5.41) is 0. The first-order chi connectivity index (χ1) is 7.54. The van der Waals surface area contributed by atoms with Crippen LogP contribution in [0.3, 0.4) is 0 Å². The summed E-state index contributed by atoms with van der Waals surface area (Å²) in [6, 6.07) is 8.04. The third kappa shape index (κ3) is 3.37. The molecule has 0 heterocycles. The highest BCUT2D eigenvalue weighted by atomic mass is 16.5. The zero-order valence-corrected chi connectivity index (χ0v) is 10.4. The van der Waals surface area contributed by atoms with Crippen LogP contribution in [0.1, 0.15) is 37.8 Å². The molecule has 1 aromatic carbocycles. The Labute approximate surface area is 97.6 Å². The van der Waals surface area contributed by atoms with Gasteiger partial charge in [0.15, 0.2) is 0 Å². The molecule has 0 aliphatic carbocycles. The number of ether oxygens (including phenoxy) is 1. The van der Waals surface area contributed by atoms with Crippen molar-refractivity contribution in [2.24, 2.45) is 5.92 Å². The largest absolute Gasteiger partial charge is 0.469 e. The molecular weight excluding hydrogens is 200 g/mol. The molecule has 0 spiro atoms. The van der Waals surface area contributed by atoms with Crippen LogP contribution in [0.2, 0.25) is 0 Å². The molecule has 1 atom stereocenters. The quantitative estimate of drug-likeness (QED) is 0.727. The fourth-order valence-corrected chi connectivity index (χ4v) is 1.59. The van der Waals surface area contributed by atoms with Crippen LogP contribution in [-0.4, -0.2) is 13.1 Å². The molecule has 0 fully saturated rings. The number of methoxy groups -OCH3 is 1. The lowest BCUT2D eigenvalue weighted by Crippen LogP contribution is -2.10. The van der Waals surface area contributed by atoms with E-state index in [2.05, 4.69) is 20.3 Å². The molecule has 1 unspecified atom stereocenters. The van der Waals surface area contributed by atoms with Gasteiger partial charge in [-0.3, -0.25) is 4.79 Å². The fraction of sp³-hybridized carbons (Fsp3) is 0.429. The Morgan fingerprint density at radius 3 is 2.19 bits per heavy atom. The second-order valence-corrected chi connectivity index (χ2v) is 4.32. The van der Waals surface area contributed by atoms with Crippen LogP contribution >= 0.6 is 0 Å². The van der Waals surface area contributed by atoms with Crippen LogP contribution in [-0.2, 0) is 9.53 Å². The van der Waals surface area contributed by atoms with Gasteiger partial charge in [0.25, 0.3) is 0 Å². The molecule has 2 nitrogen and oxygen atoms in total. The highest BCUT2D eigenvalue weighted by molar-refractivity contribution is 5.77. The predicted molar refractivity (Wildman–Crippen MR) is 65.1 cm³/mol. The van der Waals surface area contributed by atoms with Gasteiger partial charge >= 0.3 is 5.97 Å². The van der Waals surface area contributed by atoms with E-state index in [0.717, 1.165) is 5.56 Å². The van der Waals surface area contributed by atoms with Gasteiger partial charge < -0.3 is 4.74 Å². The molecule has 0 saturated carbocycles. The van der Waals surface area contributed by atoms with E-state index in [1.165, 1.54) is 12.7 Å². The van der Waals surface area contributed by atoms with Gasteiger partial charge in [0.1, 0.15) is 0 Å². The summed E-state index contributed by atoms with van der Waals surface area (Å²) in [4.78, 5) is 11.3. The van der Waals surface area contributed by atoms with Crippen molar-refractivity contribution in [2.45, 2.75) is 26.7 Å². The van der Waals surface area contributed by atoms with E-state index < -0.39 is 0 Å². The number of carbonyl (C=O) groups is 1. The second kappa shape index (κ2) is 5.69. The fourth-order valence-electron chi connectivity index (χ4n) is 1.59.